The quantitative estimate of drug-likeness (QED) is 0.0359. The molecule has 334 valence electrons. The molecule has 0 spiro atoms. The van der Waals surface area contributed by atoms with Crippen molar-refractivity contribution in [2.75, 3.05) is 12.8 Å². The number of aliphatic hydroxyl groups is 5. The summed E-state index contributed by atoms with van der Waals surface area (Å²) in [5, 5.41) is 51.3. The number of para-hydroxylation sites is 2. The van der Waals surface area contributed by atoms with E-state index in [2.05, 4.69) is 78.2 Å². The molecule has 9 heteroatoms. The van der Waals surface area contributed by atoms with Gasteiger partial charge in [0, 0.05) is 46.7 Å². The number of nitrogen functional groups attached to an aromatic ring is 1. The van der Waals surface area contributed by atoms with Crippen LogP contribution in [0, 0.1) is 0 Å². The van der Waals surface area contributed by atoms with Crippen LogP contribution in [0.25, 0.3) is 49.9 Å². The highest BCUT2D eigenvalue weighted by molar-refractivity contribution is 6.09. The Morgan fingerprint density at radius 1 is 0.769 bits per heavy atom. The lowest BCUT2D eigenvalue weighted by molar-refractivity contribution is 0.157. The number of nitrogens with zero attached hydrogens (tertiary/aromatic N) is 3. The topological polar surface area (TPSA) is 158 Å². The lowest BCUT2D eigenvalue weighted by Crippen LogP contribution is -2.10. The highest BCUT2D eigenvalue weighted by atomic mass is 16.3. The Kier molecular flexibility index (Phi) is 19.0. The summed E-state index contributed by atoms with van der Waals surface area (Å²) in [6, 6.07) is 35.4. The summed E-state index contributed by atoms with van der Waals surface area (Å²) in [5.74, 6) is -1.28. The number of anilines is 1. The molecule has 2 aromatic heterocycles. The van der Waals surface area contributed by atoms with E-state index >= 15 is 0 Å². The van der Waals surface area contributed by atoms with Gasteiger partial charge in [0.25, 0.3) is 0 Å². The maximum absolute atomic E-state index is 11.0. The van der Waals surface area contributed by atoms with Gasteiger partial charge in [0.15, 0.2) is 17.3 Å². The predicted octanol–water partition coefficient (Wildman–Crippen LogP) is 13.0. The van der Waals surface area contributed by atoms with Crippen LogP contribution < -0.4 is 5.73 Å². The monoisotopic (exact) mass is 868 g/mol. The molecule has 0 radical (unpaired) electrons. The molecular weight excluding hydrogens is 809 g/mol. The van der Waals surface area contributed by atoms with E-state index < -0.39 is 17.6 Å². The first kappa shape index (κ1) is 49.9. The van der Waals surface area contributed by atoms with E-state index in [1.165, 1.54) is 13.8 Å². The van der Waals surface area contributed by atoms with Crippen LogP contribution in [0.1, 0.15) is 51.6 Å². The molecule has 65 heavy (non-hydrogen) atoms. The fourth-order valence-electron chi connectivity index (χ4n) is 6.84. The molecule has 9 nitrogen and oxygen atoms in total. The van der Waals surface area contributed by atoms with Crippen LogP contribution in [0.5, 0.6) is 0 Å². The van der Waals surface area contributed by atoms with Gasteiger partial charge >= 0.3 is 0 Å². The van der Waals surface area contributed by atoms with Crippen molar-refractivity contribution in [2.45, 2.75) is 47.3 Å². The van der Waals surface area contributed by atoms with Gasteiger partial charge < -0.3 is 35.8 Å². The summed E-state index contributed by atoms with van der Waals surface area (Å²) in [4.78, 5) is 9.55. The number of allylic oxidation sites excluding steroid dienone is 16. The number of aromatic nitrogens is 3. The van der Waals surface area contributed by atoms with Crippen molar-refractivity contribution in [1.29, 1.82) is 0 Å². The van der Waals surface area contributed by atoms with Gasteiger partial charge in [0.1, 0.15) is 11.9 Å². The largest absolute Gasteiger partial charge is 0.512 e. The summed E-state index contributed by atoms with van der Waals surface area (Å²) in [7, 11) is 1.00. The lowest BCUT2D eigenvalue weighted by atomic mass is 9.98. The fourth-order valence-corrected chi connectivity index (χ4v) is 6.84. The second-order valence-corrected chi connectivity index (χ2v) is 14.7. The number of hydrogen-bond donors (Lipinski definition) is 6. The van der Waals surface area contributed by atoms with Gasteiger partial charge in [0.05, 0.1) is 17.0 Å². The molecule has 6 rings (SSSR count). The zero-order valence-electron chi connectivity index (χ0n) is 38.0. The first-order valence-electron chi connectivity index (χ1n) is 21.1. The van der Waals surface area contributed by atoms with E-state index in [1.807, 2.05) is 123 Å². The summed E-state index contributed by atoms with van der Waals surface area (Å²) in [6.45, 7) is 17.4. The predicted molar refractivity (Wildman–Crippen MR) is 273 cm³/mol. The molecule has 0 saturated heterocycles. The Labute approximate surface area is 382 Å². The highest BCUT2D eigenvalue weighted by Crippen LogP contribution is 2.34. The fraction of sp³-hybridized carbons (Fsp3) is 0.143. The number of rotatable bonds is 14. The van der Waals surface area contributed by atoms with E-state index in [0.29, 0.717) is 18.1 Å². The highest BCUT2D eigenvalue weighted by Gasteiger charge is 2.22. The van der Waals surface area contributed by atoms with E-state index in [1.54, 1.807) is 12.1 Å². The Balaban J connectivity index is 0.000000925. The first-order chi connectivity index (χ1) is 31.4. The van der Waals surface area contributed by atoms with Gasteiger partial charge in [-0.05, 0) is 98.9 Å². The molecule has 0 aliphatic rings. The number of hydrogen-bond acceptors (Lipinski definition) is 8. The van der Waals surface area contributed by atoms with Gasteiger partial charge in [-0.25, -0.2) is 9.97 Å². The molecular formula is C56H60N4O5. The van der Waals surface area contributed by atoms with E-state index in [0.717, 1.165) is 68.0 Å². The van der Waals surface area contributed by atoms with Crippen molar-refractivity contribution in [1.82, 2.24) is 14.5 Å². The van der Waals surface area contributed by atoms with Crippen molar-refractivity contribution < 1.29 is 25.5 Å². The molecule has 1 unspecified atom stereocenters. The zero-order chi connectivity index (χ0) is 47.5. The summed E-state index contributed by atoms with van der Waals surface area (Å²) in [5.41, 5.74) is 14.5. The number of aliphatic hydroxyl groups excluding tert-OH is 5. The minimum atomic E-state index is -1.37. The van der Waals surface area contributed by atoms with Crippen LogP contribution in [0.2, 0.25) is 0 Å². The van der Waals surface area contributed by atoms with Crippen molar-refractivity contribution in [2.24, 2.45) is 0 Å². The normalized spacial score (nSPS) is 13.6. The van der Waals surface area contributed by atoms with Gasteiger partial charge in [-0.15, -0.1) is 0 Å². The second-order valence-electron chi connectivity index (χ2n) is 14.7. The maximum Gasteiger partial charge on any atom is 0.168 e. The van der Waals surface area contributed by atoms with Crippen molar-refractivity contribution in [3.63, 3.8) is 0 Å². The Hall–Kier alpha value is -7.72. The second kappa shape index (κ2) is 24.8. The third-order valence-corrected chi connectivity index (χ3v) is 10.1. The summed E-state index contributed by atoms with van der Waals surface area (Å²) < 4.78 is 2.28. The molecule has 7 N–H and O–H groups in total. The van der Waals surface area contributed by atoms with Crippen molar-refractivity contribution >= 4 is 44.2 Å². The summed E-state index contributed by atoms with van der Waals surface area (Å²) >= 11 is 0. The van der Waals surface area contributed by atoms with Crippen LogP contribution in [0.4, 0.5) is 5.69 Å². The van der Waals surface area contributed by atoms with Gasteiger partial charge in [0.2, 0.25) is 0 Å². The van der Waals surface area contributed by atoms with E-state index in [9.17, 15) is 20.4 Å². The van der Waals surface area contributed by atoms with Crippen LogP contribution in [0.3, 0.4) is 0 Å². The van der Waals surface area contributed by atoms with Crippen LogP contribution >= 0.6 is 0 Å². The lowest BCUT2D eigenvalue weighted by Gasteiger charge is -2.14. The minimum absolute atomic E-state index is 0.115. The van der Waals surface area contributed by atoms with Gasteiger partial charge in [-0.3, -0.25) is 0 Å². The van der Waals surface area contributed by atoms with Gasteiger partial charge in [-0.2, -0.15) is 0 Å². The van der Waals surface area contributed by atoms with Gasteiger partial charge in [-0.1, -0.05) is 147 Å². The Morgan fingerprint density at radius 2 is 1.40 bits per heavy atom. The number of fused-ring (bicyclic) bond motifs is 3. The molecule has 4 aromatic carbocycles. The molecule has 1 atom stereocenters. The molecule has 0 fully saturated rings. The van der Waals surface area contributed by atoms with E-state index in [-0.39, 0.29) is 17.0 Å². The third-order valence-electron chi connectivity index (χ3n) is 10.1. The Morgan fingerprint density at radius 3 is 2.00 bits per heavy atom. The molecule has 0 saturated carbocycles. The molecule has 0 aliphatic carbocycles. The van der Waals surface area contributed by atoms with Crippen molar-refractivity contribution in [3.8, 4) is 11.4 Å². The van der Waals surface area contributed by atoms with Crippen molar-refractivity contribution in [3.05, 3.63) is 228 Å². The van der Waals surface area contributed by atoms with E-state index in [4.69, 9.17) is 15.8 Å². The molecule has 0 bridgehead atoms. The minimum Gasteiger partial charge on any atom is -0.512 e. The molecule has 0 aliphatic heterocycles. The van der Waals surface area contributed by atoms with Crippen LogP contribution in [-0.2, 0) is 6.54 Å². The number of nitrogens with two attached hydrogens (primary N) is 1. The maximum atomic E-state index is 11.0. The third kappa shape index (κ3) is 13.2. The molecule has 6 aromatic rings. The zero-order valence-corrected chi connectivity index (χ0v) is 38.0. The molecule has 2 heterocycles. The molecule has 0 amide bonds. The standard InChI is InChI=1S/C49H49N3O4.C6H7N.CH4O/c1-8-11-13-20-32(4)33(5)29-38(19-9-2)39-26-27-45-41(30-39)40-24-16-17-25-44(40)52(45)28-18-23-36(10-3)42-31-43(46(34(6)53)48(56)47(55)35(7)54)51-49(50-42)37-21-14-12-15-22-37;7-6-4-2-1-3-5-6;1-2/h8-27,29-31,35,53-56H,2,4,28H2,1,3,5-7H3;1-5H,7H2;2H,1H3/b11-8-,20-13-,23-18-,33-29+,36-10+,38-19+,46-34+,48-47-;;. The smallest absolute Gasteiger partial charge is 0.168 e. The number of benzene rings is 4. The average Bonchev–Trinajstić information content (AvgIpc) is 3.63. The van der Waals surface area contributed by atoms with Crippen LogP contribution in [-0.4, -0.2) is 53.3 Å². The Bertz CT molecular complexity index is 2830. The first-order valence-corrected chi connectivity index (χ1v) is 21.1. The van der Waals surface area contributed by atoms with Crippen LogP contribution in [0.15, 0.2) is 212 Å². The summed E-state index contributed by atoms with van der Waals surface area (Å²) in [6.07, 6.45) is 18.6. The average molecular weight is 869 g/mol. The SMILES string of the molecule is C=C/C=C(\C=C(/C)C(=C)/C=C\C=C/C)c1ccc2c(c1)c1ccccc1n2C/C=C\C(=C/C)c1cc(C(/C(O)=C(/O)C(C)O)=C(/C)O)nc(-c2ccccc2)n1.CO.Nc1ccccc1.